The van der Waals surface area contributed by atoms with Crippen LogP contribution in [-0.4, -0.2) is 25.0 Å². The second-order valence-corrected chi connectivity index (χ2v) is 5.14. The van der Waals surface area contributed by atoms with E-state index in [1.54, 1.807) is 0 Å². The van der Waals surface area contributed by atoms with E-state index in [-0.39, 0.29) is 0 Å². The van der Waals surface area contributed by atoms with Crippen molar-refractivity contribution in [3.63, 3.8) is 0 Å². The molecule has 0 saturated carbocycles. The maximum atomic E-state index is 3.22. The van der Waals surface area contributed by atoms with Gasteiger partial charge in [0.2, 0.25) is 0 Å². The van der Waals surface area contributed by atoms with Crippen molar-refractivity contribution < 1.29 is 0 Å². The van der Waals surface area contributed by atoms with Crippen LogP contribution < -0.4 is 5.32 Å². The first kappa shape index (κ1) is 14.8. The van der Waals surface area contributed by atoms with E-state index in [9.17, 15) is 0 Å². The summed E-state index contributed by atoms with van der Waals surface area (Å²) in [6.07, 6.45) is 1.18. The van der Waals surface area contributed by atoms with Crippen molar-refractivity contribution in [2.45, 2.75) is 19.5 Å². The molecule has 2 aromatic carbocycles. The SMILES string of the molecule is CNCCCN(Cc1ccccc1)Cc1ccccc1. The van der Waals surface area contributed by atoms with E-state index < -0.39 is 0 Å². The Bertz CT molecular complexity index is 426. The molecule has 0 aliphatic carbocycles. The first-order valence-corrected chi connectivity index (χ1v) is 7.33. The number of rotatable bonds is 8. The van der Waals surface area contributed by atoms with Gasteiger partial charge in [0.25, 0.3) is 0 Å². The highest BCUT2D eigenvalue weighted by molar-refractivity contribution is 5.17. The summed E-state index contributed by atoms with van der Waals surface area (Å²) in [7, 11) is 2.01. The maximum absolute atomic E-state index is 3.22. The average molecular weight is 268 g/mol. The quantitative estimate of drug-likeness (QED) is 0.739. The predicted octanol–water partition coefficient (Wildman–Crippen LogP) is 3.30. The molecule has 0 radical (unpaired) electrons. The normalized spacial score (nSPS) is 10.9. The molecule has 0 fully saturated rings. The molecule has 20 heavy (non-hydrogen) atoms. The Labute approximate surface area is 122 Å². The second kappa shape index (κ2) is 8.51. The molecule has 0 spiro atoms. The Hall–Kier alpha value is -1.64. The zero-order chi connectivity index (χ0) is 14.0. The van der Waals surface area contributed by atoms with Crippen molar-refractivity contribution in [2.75, 3.05) is 20.1 Å². The molecule has 2 heteroatoms. The fraction of sp³-hybridized carbons (Fsp3) is 0.333. The minimum Gasteiger partial charge on any atom is -0.320 e. The van der Waals surface area contributed by atoms with Gasteiger partial charge in [0.15, 0.2) is 0 Å². The smallest absolute Gasteiger partial charge is 0.0237 e. The van der Waals surface area contributed by atoms with Gasteiger partial charge >= 0.3 is 0 Å². The van der Waals surface area contributed by atoms with Crippen molar-refractivity contribution in [2.24, 2.45) is 0 Å². The Morgan fingerprint density at radius 1 is 0.800 bits per heavy atom. The number of hydrogen-bond acceptors (Lipinski definition) is 2. The zero-order valence-electron chi connectivity index (χ0n) is 12.3. The molecular weight excluding hydrogens is 244 g/mol. The minimum atomic E-state index is 1.01. The summed E-state index contributed by atoms with van der Waals surface area (Å²) in [5, 5.41) is 3.22. The Morgan fingerprint density at radius 2 is 1.30 bits per heavy atom. The van der Waals surface area contributed by atoms with Crippen LogP contribution in [0.3, 0.4) is 0 Å². The fourth-order valence-corrected chi connectivity index (χ4v) is 2.38. The first-order valence-electron chi connectivity index (χ1n) is 7.33. The third kappa shape index (κ3) is 5.16. The molecule has 0 unspecified atom stereocenters. The maximum Gasteiger partial charge on any atom is 0.0237 e. The fourth-order valence-electron chi connectivity index (χ4n) is 2.38. The van der Waals surface area contributed by atoms with Crippen molar-refractivity contribution >= 4 is 0 Å². The molecule has 0 aliphatic rings. The van der Waals surface area contributed by atoms with E-state index in [0.29, 0.717) is 0 Å². The van der Waals surface area contributed by atoms with Crippen LogP contribution in [0.2, 0.25) is 0 Å². The third-order valence-electron chi connectivity index (χ3n) is 3.40. The molecular formula is C18H24N2. The highest BCUT2D eigenvalue weighted by Crippen LogP contribution is 2.10. The Kier molecular flexibility index (Phi) is 6.28. The minimum absolute atomic E-state index is 1.01. The lowest BCUT2D eigenvalue weighted by molar-refractivity contribution is 0.253. The molecule has 0 amide bonds. The summed E-state index contributed by atoms with van der Waals surface area (Å²) >= 11 is 0. The summed E-state index contributed by atoms with van der Waals surface area (Å²) in [5.41, 5.74) is 2.76. The van der Waals surface area contributed by atoms with Crippen molar-refractivity contribution in [3.05, 3.63) is 71.8 Å². The van der Waals surface area contributed by atoms with Gasteiger partial charge in [0, 0.05) is 19.6 Å². The van der Waals surface area contributed by atoms with Gasteiger partial charge in [-0.15, -0.1) is 0 Å². The Morgan fingerprint density at radius 3 is 1.75 bits per heavy atom. The first-order chi connectivity index (χ1) is 9.88. The van der Waals surface area contributed by atoms with Crippen LogP contribution in [-0.2, 0) is 13.1 Å². The largest absolute Gasteiger partial charge is 0.320 e. The van der Waals surface area contributed by atoms with Crippen LogP contribution in [0.15, 0.2) is 60.7 Å². The lowest BCUT2D eigenvalue weighted by Crippen LogP contribution is -2.26. The van der Waals surface area contributed by atoms with Gasteiger partial charge < -0.3 is 5.32 Å². The molecule has 0 atom stereocenters. The number of nitrogens with one attached hydrogen (secondary N) is 1. The van der Waals surface area contributed by atoms with Crippen molar-refractivity contribution in [1.29, 1.82) is 0 Å². The zero-order valence-corrected chi connectivity index (χ0v) is 12.3. The third-order valence-corrected chi connectivity index (χ3v) is 3.40. The van der Waals surface area contributed by atoms with Gasteiger partial charge in [0.1, 0.15) is 0 Å². The highest BCUT2D eigenvalue weighted by atomic mass is 15.1. The molecule has 0 aliphatic heterocycles. The van der Waals surface area contributed by atoms with E-state index in [1.807, 2.05) is 7.05 Å². The summed E-state index contributed by atoms with van der Waals surface area (Å²) in [4.78, 5) is 2.52. The van der Waals surface area contributed by atoms with Crippen LogP contribution in [0.25, 0.3) is 0 Å². The van der Waals surface area contributed by atoms with Crippen LogP contribution in [0.4, 0.5) is 0 Å². The van der Waals surface area contributed by atoms with Crippen LogP contribution in [0, 0.1) is 0 Å². The number of nitrogens with zero attached hydrogens (tertiary/aromatic N) is 1. The van der Waals surface area contributed by atoms with Gasteiger partial charge in [-0.2, -0.15) is 0 Å². The molecule has 0 saturated heterocycles. The molecule has 2 rings (SSSR count). The summed E-state index contributed by atoms with van der Waals surface area (Å²) in [6.45, 7) is 4.21. The molecule has 1 N–H and O–H groups in total. The van der Waals surface area contributed by atoms with Crippen molar-refractivity contribution in [1.82, 2.24) is 10.2 Å². The van der Waals surface area contributed by atoms with Gasteiger partial charge in [-0.25, -0.2) is 0 Å². The standard InChI is InChI=1S/C18H24N2/c1-19-13-8-14-20(15-17-9-4-2-5-10-17)16-18-11-6-3-7-12-18/h2-7,9-12,19H,8,13-16H2,1H3. The molecule has 0 bridgehead atoms. The van der Waals surface area contributed by atoms with Gasteiger partial charge in [-0.05, 0) is 31.1 Å². The lowest BCUT2D eigenvalue weighted by Gasteiger charge is -2.22. The van der Waals surface area contributed by atoms with E-state index in [1.165, 1.54) is 17.5 Å². The highest BCUT2D eigenvalue weighted by Gasteiger charge is 2.06. The number of benzene rings is 2. The molecule has 2 aromatic rings. The lowest BCUT2D eigenvalue weighted by atomic mass is 10.1. The van der Waals surface area contributed by atoms with E-state index in [2.05, 4.69) is 70.9 Å². The monoisotopic (exact) mass is 268 g/mol. The van der Waals surface area contributed by atoms with Crippen LogP contribution in [0.5, 0.6) is 0 Å². The van der Waals surface area contributed by atoms with Crippen LogP contribution >= 0.6 is 0 Å². The summed E-state index contributed by atoms with van der Waals surface area (Å²) in [5.74, 6) is 0. The van der Waals surface area contributed by atoms with Gasteiger partial charge in [-0.1, -0.05) is 60.7 Å². The molecule has 106 valence electrons. The molecule has 0 heterocycles. The summed E-state index contributed by atoms with van der Waals surface area (Å²) < 4.78 is 0. The Balaban J connectivity index is 1.96. The number of hydrogen-bond donors (Lipinski definition) is 1. The predicted molar refractivity (Wildman–Crippen MR) is 85.5 cm³/mol. The van der Waals surface area contributed by atoms with Crippen LogP contribution in [0.1, 0.15) is 17.5 Å². The van der Waals surface area contributed by atoms with E-state index >= 15 is 0 Å². The van der Waals surface area contributed by atoms with Gasteiger partial charge in [0.05, 0.1) is 0 Å². The molecule has 2 nitrogen and oxygen atoms in total. The molecule has 0 aromatic heterocycles. The topological polar surface area (TPSA) is 15.3 Å². The van der Waals surface area contributed by atoms with Crippen molar-refractivity contribution in [3.8, 4) is 0 Å². The average Bonchev–Trinajstić information content (AvgIpc) is 2.49. The van der Waals surface area contributed by atoms with E-state index in [4.69, 9.17) is 0 Å². The summed E-state index contributed by atoms with van der Waals surface area (Å²) in [6, 6.07) is 21.4. The van der Waals surface area contributed by atoms with E-state index in [0.717, 1.165) is 26.2 Å². The van der Waals surface area contributed by atoms with Gasteiger partial charge in [-0.3, -0.25) is 4.90 Å². The second-order valence-electron chi connectivity index (χ2n) is 5.14.